The van der Waals surface area contributed by atoms with E-state index in [9.17, 15) is 9.90 Å². The number of hydrogen-bond donors (Lipinski definition) is 2. The molecule has 1 unspecified atom stereocenters. The molecule has 0 bridgehead atoms. The molecule has 1 heterocycles. The van der Waals surface area contributed by atoms with E-state index in [0.717, 1.165) is 5.56 Å². The van der Waals surface area contributed by atoms with E-state index in [1.54, 1.807) is 6.07 Å². The molecule has 0 amide bonds. The summed E-state index contributed by atoms with van der Waals surface area (Å²) in [6.07, 6.45) is -1.64. The fraction of sp³-hybridized carbons (Fsp3) is 0.364. The maximum Gasteiger partial charge on any atom is 0.337 e. The Bertz CT molecular complexity index is 442. The van der Waals surface area contributed by atoms with Gasteiger partial charge in [-0.25, -0.2) is 4.79 Å². The number of rotatable bonds is 3. The average Bonchev–Trinajstić information content (AvgIpc) is 2.36. The van der Waals surface area contributed by atoms with Crippen LogP contribution in [-0.4, -0.2) is 30.1 Å². The Kier molecular flexibility index (Phi) is 3.16. The van der Waals surface area contributed by atoms with Gasteiger partial charge in [0.1, 0.15) is 11.5 Å². The molecule has 1 aromatic carbocycles. The van der Waals surface area contributed by atoms with E-state index in [2.05, 4.69) is 0 Å². The Hall–Kier alpha value is -1.79. The number of ether oxygens (including phenoxy) is 3. The zero-order valence-corrected chi connectivity index (χ0v) is 9.17. The second kappa shape index (κ2) is 4.60. The van der Waals surface area contributed by atoms with Crippen molar-refractivity contribution in [2.75, 3.05) is 13.9 Å². The minimum Gasteiger partial charge on any atom is -0.496 e. The van der Waals surface area contributed by atoms with Crippen molar-refractivity contribution in [3.8, 4) is 11.5 Å². The second-order valence-electron chi connectivity index (χ2n) is 3.55. The zero-order chi connectivity index (χ0) is 12.4. The van der Waals surface area contributed by atoms with Crippen LogP contribution in [0.1, 0.15) is 17.2 Å². The largest absolute Gasteiger partial charge is 0.496 e. The summed E-state index contributed by atoms with van der Waals surface area (Å²) in [6.45, 7) is 0.483. The first-order valence-corrected chi connectivity index (χ1v) is 4.95. The number of carbonyl (C=O) groups is 1. The number of aliphatic hydroxyl groups is 1. The van der Waals surface area contributed by atoms with Gasteiger partial charge in [0.2, 0.25) is 0 Å². The van der Waals surface area contributed by atoms with Crippen LogP contribution in [0.5, 0.6) is 11.5 Å². The van der Waals surface area contributed by atoms with Crippen molar-refractivity contribution in [3.05, 3.63) is 23.3 Å². The van der Waals surface area contributed by atoms with Crippen LogP contribution in [0.25, 0.3) is 0 Å². The van der Waals surface area contributed by atoms with Gasteiger partial charge in [0, 0.05) is 11.1 Å². The molecule has 2 N–H and O–H groups in total. The lowest BCUT2D eigenvalue weighted by atomic mass is 10.0. The number of aliphatic carboxylic acids is 1. The Morgan fingerprint density at radius 3 is 2.94 bits per heavy atom. The summed E-state index contributed by atoms with van der Waals surface area (Å²) in [5, 5.41) is 18.3. The van der Waals surface area contributed by atoms with Crippen molar-refractivity contribution >= 4 is 5.97 Å². The molecule has 17 heavy (non-hydrogen) atoms. The van der Waals surface area contributed by atoms with Gasteiger partial charge in [0.25, 0.3) is 0 Å². The van der Waals surface area contributed by atoms with E-state index in [-0.39, 0.29) is 12.4 Å². The Morgan fingerprint density at radius 2 is 2.29 bits per heavy atom. The standard InChI is InChI=1S/C11H12O6/c1-15-9-2-6-4-16-5-17-8(6)3-7(9)10(12)11(13)14/h2-3,10,12H,4-5H2,1H3,(H,13,14). The minimum absolute atomic E-state index is 0.113. The summed E-state index contributed by atoms with van der Waals surface area (Å²) in [4.78, 5) is 10.8. The van der Waals surface area contributed by atoms with E-state index in [0.29, 0.717) is 18.1 Å². The van der Waals surface area contributed by atoms with Gasteiger partial charge < -0.3 is 24.4 Å². The van der Waals surface area contributed by atoms with E-state index in [1.807, 2.05) is 0 Å². The van der Waals surface area contributed by atoms with E-state index >= 15 is 0 Å². The third-order valence-corrected chi connectivity index (χ3v) is 2.50. The number of carboxylic acid groups (broad SMARTS) is 1. The van der Waals surface area contributed by atoms with Gasteiger partial charge in [-0.1, -0.05) is 0 Å². The normalized spacial score (nSPS) is 15.6. The average molecular weight is 240 g/mol. The molecule has 6 heteroatoms. The van der Waals surface area contributed by atoms with Crippen LogP contribution in [0.15, 0.2) is 12.1 Å². The predicted octanol–water partition coefficient (Wildman–Crippen LogP) is 0.680. The van der Waals surface area contributed by atoms with E-state index in [1.165, 1.54) is 13.2 Å². The number of fused-ring (bicyclic) bond motifs is 1. The van der Waals surface area contributed by atoms with Crippen molar-refractivity contribution in [1.82, 2.24) is 0 Å². The Morgan fingerprint density at radius 1 is 1.53 bits per heavy atom. The summed E-state index contributed by atoms with van der Waals surface area (Å²) < 4.78 is 15.3. The van der Waals surface area contributed by atoms with Gasteiger partial charge in [0.05, 0.1) is 13.7 Å². The van der Waals surface area contributed by atoms with Gasteiger partial charge in [-0.3, -0.25) is 0 Å². The third kappa shape index (κ3) is 2.17. The fourth-order valence-electron chi connectivity index (χ4n) is 1.65. The predicted molar refractivity (Wildman–Crippen MR) is 55.9 cm³/mol. The number of benzene rings is 1. The monoisotopic (exact) mass is 240 g/mol. The Balaban J connectivity index is 2.46. The molecule has 0 aliphatic carbocycles. The molecule has 0 saturated heterocycles. The van der Waals surface area contributed by atoms with Crippen molar-refractivity contribution in [1.29, 1.82) is 0 Å². The number of methoxy groups -OCH3 is 1. The summed E-state index contributed by atoms with van der Waals surface area (Å²) in [5.41, 5.74) is 0.926. The van der Waals surface area contributed by atoms with Crippen molar-refractivity contribution in [2.45, 2.75) is 12.7 Å². The highest BCUT2D eigenvalue weighted by Crippen LogP contribution is 2.34. The first-order chi connectivity index (χ1) is 8.13. The lowest BCUT2D eigenvalue weighted by Gasteiger charge is -2.21. The maximum absolute atomic E-state index is 10.8. The number of hydrogen-bond acceptors (Lipinski definition) is 5. The molecule has 1 aliphatic rings. The molecular weight excluding hydrogens is 228 g/mol. The number of carboxylic acids is 1. The second-order valence-corrected chi connectivity index (χ2v) is 3.55. The van der Waals surface area contributed by atoms with Gasteiger partial charge in [-0.2, -0.15) is 0 Å². The summed E-state index contributed by atoms with van der Waals surface area (Å²) >= 11 is 0. The molecule has 0 fully saturated rings. The van der Waals surface area contributed by atoms with Crippen LogP contribution in [0, 0.1) is 0 Å². The molecule has 0 spiro atoms. The molecule has 1 aromatic rings. The molecule has 1 aliphatic heterocycles. The Labute approximate surface area is 97.3 Å². The zero-order valence-electron chi connectivity index (χ0n) is 9.17. The first kappa shape index (κ1) is 11.7. The summed E-state index contributed by atoms with van der Waals surface area (Å²) in [7, 11) is 1.41. The SMILES string of the molecule is COc1cc2c(cc1C(O)C(=O)O)OCOC2. The van der Waals surface area contributed by atoms with Gasteiger partial charge in [-0.05, 0) is 12.1 Å². The molecule has 2 rings (SSSR count). The van der Waals surface area contributed by atoms with Crippen LogP contribution in [-0.2, 0) is 16.1 Å². The topological polar surface area (TPSA) is 85.2 Å². The minimum atomic E-state index is -1.64. The van der Waals surface area contributed by atoms with Crippen LogP contribution >= 0.6 is 0 Å². The highest BCUT2D eigenvalue weighted by Gasteiger charge is 2.24. The molecule has 0 aromatic heterocycles. The van der Waals surface area contributed by atoms with Crippen molar-refractivity contribution in [2.24, 2.45) is 0 Å². The maximum atomic E-state index is 10.8. The molecule has 92 valence electrons. The van der Waals surface area contributed by atoms with Crippen LogP contribution in [0.4, 0.5) is 0 Å². The molecule has 0 radical (unpaired) electrons. The highest BCUT2D eigenvalue weighted by molar-refractivity contribution is 5.75. The highest BCUT2D eigenvalue weighted by atomic mass is 16.7. The third-order valence-electron chi connectivity index (χ3n) is 2.50. The quantitative estimate of drug-likeness (QED) is 0.808. The number of aliphatic hydroxyl groups excluding tert-OH is 1. The van der Waals surface area contributed by atoms with E-state index in [4.69, 9.17) is 19.3 Å². The molecule has 1 atom stereocenters. The van der Waals surface area contributed by atoms with Crippen LogP contribution in [0.3, 0.4) is 0 Å². The lowest BCUT2D eigenvalue weighted by Crippen LogP contribution is -2.15. The summed E-state index contributed by atoms with van der Waals surface area (Å²) in [5.74, 6) is -0.532. The van der Waals surface area contributed by atoms with Gasteiger partial charge in [0.15, 0.2) is 12.9 Å². The van der Waals surface area contributed by atoms with Crippen LogP contribution in [0.2, 0.25) is 0 Å². The molecular formula is C11H12O6. The van der Waals surface area contributed by atoms with Crippen LogP contribution < -0.4 is 9.47 Å². The summed E-state index contributed by atoms with van der Waals surface area (Å²) in [6, 6.07) is 3.07. The molecule has 0 saturated carbocycles. The van der Waals surface area contributed by atoms with Crippen molar-refractivity contribution < 1.29 is 29.2 Å². The van der Waals surface area contributed by atoms with Gasteiger partial charge >= 0.3 is 5.97 Å². The van der Waals surface area contributed by atoms with E-state index < -0.39 is 12.1 Å². The van der Waals surface area contributed by atoms with Crippen molar-refractivity contribution in [3.63, 3.8) is 0 Å². The van der Waals surface area contributed by atoms with Gasteiger partial charge in [-0.15, -0.1) is 0 Å². The first-order valence-electron chi connectivity index (χ1n) is 4.95. The lowest BCUT2D eigenvalue weighted by molar-refractivity contribution is -0.147. The smallest absolute Gasteiger partial charge is 0.337 e. The fourth-order valence-corrected chi connectivity index (χ4v) is 1.65. The molecule has 6 nitrogen and oxygen atoms in total.